The van der Waals surface area contributed by atoms with Gasteiger partial charge in [0.25, 0.3) is 5.70 Å². The van der Waals surface area contributed by atoms with Crippen molar-refractivity contribution in [2.45, 2.75) is 62.7 Å². The highest BCUT2D eigenvalue weighted by molar-refractivity contribution is 9.22. The Morgan fingerprint density at radius 2 is 1.14 bits per heavy atom. The highest BCUT2D eigenvalue weighted by atomic mass is 33.3. The Kier molecular flexibility index (Phi) is 54.6. The molecule has 2 N–H and O–H groups in total. The largest absolute Gasteiger partial charge is 0.484 e. The summed E-state index contributed by atoms with van der Waals surface area (Å²) in [5.74, 6) is -0.577. The Labute approximate surface area is 537 Å². The van der Waals surface area contributed by atoms with E-state index in [1.807, 2.05) is 0 Å². The van der Waals surface area contributed by atoms with Gasteiger partial charge in [0.1, 0.15) is 12.1 Å². The molecule has 3 aliphatic heterocycles. The maximum Gasteiger partial charge on any atom is 0.334 e. The van der Waals surface area contributed by atoms with Crippen molar-refractivity contribution >= 4 is 353 Å². The Morgan fingerprint density at radius 1 is 0.684 bits per heavy atom. The molecule has 3 rings (SSSR count). The molecule has 79 heavy (non-hydrogen) atoms. The Morgan fingerprint density at radius 3 is 1.49 bits per heavy atom. The van der Waals surface area contributed by atoms with Crippen LogP contribution in [0.3, 0.4) is 0 Å². The number of methoxy groups -OCH3 is 1. The topological polar surface area (TPSA) is 231 Å². The number of aliphatic imine (C=N–C) groups is 1. The smallest absolute Gasteiger partial charge is 0.334 e. The lowest BCUT2D eigenvalue weighted by molar-refractivity contribution is -0.480. The summed E-state index contributed by atoms with van der Waals surface area (Å²) in [7, 11) is 63.7. The van der Waals surface area contributed by atoms with Crippen LogP contribution in [-0.2, 0) is 37.5 Å². The molecule has 1 fully saturated rings. The molecular formula is C21H72N6O12P40. The summed E-state index contributed by atoms with van der Waals surface area (Å²) in [4.78, 5) is 78.7. The number of ether oxygens (including phenoxy) is 1. The number of fused-ring (bicyclic) bond motifs is 1. The van der Waals surface area contributed by atoms with Gasteiger partial charge in [0.15, 0.2) is 34.5 Å². The van der Waals surface area contributed by atoms with E-state index < -0.39 is 112 Å². The van der Waals surface area contributed by atoms with Crippen LogP contribution in [0, 0.1) is 20.2 Å². The summed E-state index contributed by atoms with van der Waals surface area (Å²) in [6, 6.07) is -2.52. The van der Waals surface area contributed by atoms with E-state index in [1.165, 1.54) is 4.90 Å². The number of carbonyl (C=O) groups excluding carboxylic acids is 4. The van der Waals surface area contributed by atoms with Gasteiger partial charge < -0.3 is 28.9 Å². The first-order valence-corrected chi connectivity index (χ1v) is 91.4. The van der Waals surface area contributed by atoms with Crippen molar-refractivity contribution in [3.05, 3.63) is 31.6 Å². The van der Waals surface area contributed by atoms with Gasteiger partial charge in [-0.3, -0.25) is 34.7 Å². The number of nitrogens with zero attached hydrogens (tertiary/aromatic N) is 4. The molecule has 0 aliphatic carbocycles. The molecule has 58 heteroatoms. The second-order valence-electron chi connectivity index (χ2n) is 14.7. The van der Waals surface area contributed by atoms with E-state index in [2.05, 4.69) is 203 Å². The van der Waals surface area contributed by atoms with Crippen LogP contribution in [0.15, 0.2) is 16.4 Å². The number of carbonyl (C=O) groups is 4. The summed E-state index contributed by atoms with van der Waals surface area (Å²) >= 11 is 0. The SMILES string of the molecule is CNC(CC[N+](=O)[O-])C(=O)OP(P(PP)P(P)P)P(P(P)P)P(P)P.CNC1CC([N+](=O)[O-])=C2CCC(C(=O)OP(P(P)P(P)P)P(P(P)P)P(P)P)N2C1=O.COC1=NC(C(=O)OP(P(P)P(P)P)P(P(P)P)P(P)P)CC1. The van der Waals surface area contributed by atoms with Crippen molar-refractivity contribution in [1.82, 2.24) is 15.5 Å². The van der Waals surface area contributed by atoms with Crippen molar-refractivity contribution in [3.63, 3.8) is 0 Å². The van der Waals surface area contributed by atoms with Gasteiger partial charge in [-0.1, -0.05) is 25.8 Å². The van der Waals surface area contributed by atoms with E-state index in [9.17, 15) is 39.4 Å². The zero-order valence-corrected chi connectivity index (χ0v) is 83.5. The van der Waals surface area contributed by atoms with E-state index in [0.29, 0.717) is 38.8 Å². The summed E-state index contributed by atoms with van der Waals surface area (Å²) in [6.45, 7) is -6.33. The number of likely N-dealkylation sites (N-methyl/N-ethyl adjacent to an activating group) is 2. The van der Waals surface area contributed by atoms with E-state index in [-0.39, 0.29) is 97.9 Å². The van der Waals surface area contributed by atoms with Gasteiger partial charge in [-0.25, -0.2) is 14.6 Å². The summed E-state index contributed by atoms with van der Waals surface area (Å²) in [5, 5.41) is 27.9. The second-order valence-corrected chi connectivity index (χ2v) is 164. The highest BCUT2D eigenvalue weighted by Gasteiger charge is 2.50. The molecule has 0 bridgehead atoms. The molecule has 32 unspecified atom stereocenters. The van der Waals surface area contributed by atoms with E-state index in [0.717, 1.165) is 6.42 Å². The van der Waals surface area contributed by atoms with Gasteiger partial charge >= 0.3 is 17.9 Å². The Bertz CT molecular complexity index is 2020. The number of amides is 1. The van der Waals surface area contributed by atoms with Crippen LogP contribution in [0.2, 0.25) is 0 Å². The molecule has 0 aromatic heterocycles. The van der Waals surface area contributed by atoms with Crippen LogP contribution in [0.25, 0.3) is 0 Å². The molecule has 0 spiro atoms. The van der Waals surface area contributed by atoms with Crippen molar-refractivity contribution < 1.29 is 47.3 Å². The van der Waals surface area contributed by atoms with E-state index >= 15 is 0 Å². The minimum absolute atomic E-state index is 0.0161. The molecular weight excluding hydrogens is 1770 g/mol. The normalized spacial score (nSPS) is 20.6. The average Bonchev–Trinajstić information content (AvgIpc) is 4.02. The van der Waals surface area contributed by atoms with Gasteiger partial charge in [0.2, 0.25) is 12.5 Å². The minimum atomic E-state index is -1.04. The van der Waals surface area contributed by atoms with E-state index in [1.54, 1.807) is 21.2 Å². The van der Waals surface area contributed by atoms with Crippen LogP contribution in [0.5, 0.6) is 0 Å². The first-order valence-electron chi connectivity index (χ1n) is 20.9. The fraction of sp³-hybridized carbons (Fsp3) is 0.667. The second kappa shape index (κ2) is 47.9. The molecule has 1 amide bonds. The summed E-state index contributed by atoms with van der Waals surface area (Å²) < 4.78 is 23.6. The first kappa shape index (κ1) is 90.0. The van der Waals surface area contributed by atoms with E-state index in [4.69, 9.17) is 18.3 Å². The van der Waals surface area contributed by atoms with Gasteiger partial charge in [-0.2, -0.15) is 0 Å². The van der Waals surface area contributed by atoms with Crippen molar-refractivity contribution in [1.29, 1.82) is 0 Å². The van der Waals surface area contributed by atoms with Crippen LogP contribution in [0.1, 0.15) is 38.5 Å². The fourth-order valence-electron chi connectivity index (χ4n) is 6.15. The van der Waals surface area contributed by atoms with Crippen LogP contribution in [-0.4, -0.2) is 96.4 Å². The lowest BCUT2D eigenvalue weighted by Crippen LogP contribution is -2.52. The summed E-state index contributed by atoms with van der Waals surface area (Å²) in [6.07, 6.45) is 2.28. The van der Waals surface area contributed by atoms with Crippen molar-refractivity contribution in [2.75, 3.05) is 27.7 Å². The Hall–Kier alpha value is 13.0. The summed E-state index contributed by atoms with van der Waals surface area (Å²) in [5.41, 5.74) is 0.378. The molecule has 32 atom stereocenters. The van der Waals surface area contributed by atoms with Gasteiger partial charge in [0.05, 0.1) is 30.2 Å². The van der Waals surface area contributed by atoms with Gasteiger partial charge in [-0.05, 0) is 96.2 Å². The van der Waals surface area contributed by atoms with Crippen molar-refractivity contribution in [3.8, 4) is 0 Å². The molecule has 458 valence electrons. The zero-order valence-electron chi connectivity index (χ0n) is 42.1. The third-order valence-electron chi connectivity index (χ3n) is 9.57. The third kappa shape index (κ3) is 31.2. The lowest BCUT2D eigenvalue weighted by Gasteiger charge is -2.38. The number of rotatable bonds is 28. The molecule has 0 aromatic rings. The molecule has 0 saturated carbocycles. The predicted molar refractivity (Wildman–Crippen MR) is 463 cm³/mol. The Balaban J connectivity index is 0.000000601. The predicted octanol–water partition coefficient (Wildman–Crippen LogP) is 21.9. The zero-order chi connectivity index (χ0) is 61.1. The highest BCUT2D eigenvalue weighted by Crippen LogP contribution is 3.20. The maximum atomic E-state index is 13.4. The van der Waals surface area contributed by atoms with Crippen LogP contribution in [0.4, 0.5) is 0 Å². The molecule has 1 saturated heterocycles. The molecule has 3 aliphatic rings. The molecule has 18 nitrogen and oxygen atoms in total. The quantitative estimate of drug-likeness (QED) is 0.0422. The molecule has 0 radical (unpaired) electrons. The maximum absolute atomic E-state index is 13.4. The third-order valence-corrected chi connectivity index (χ3v) is 229. The fourth-order valence-corrected chi connectivity index (χ4v) is 314. The standard InChI is InChI=1S/C10H26N3O5P13.C6H22NO3P13.C5H24N2O4P14/c1-11-5-4-8(13(16)17)6-2-3-7(12(6)9(5)14)10(15)18-26(30(25)27(19)20)31(28(21)22)29(23)24;1-9-5-3-2-4(7-5)6(8)10-18(22(17)19(11)12)23(20(13)14)21(15)16;1-6-4(2-3-7(9)10)5(8)11-20(24(19-12)21(13)14)25(22(15)16)23(17)18/h5,7,11H,2-4,19-25H2,1H3;4H,2-3,11-17H2,1H3;4,6,19H,2-3,12-18H2,1H3. The molecule has 3 heterocycles. The number of hydrogen-bond donors (Lipinski definition) is 2. The van der Waals surface area contributed by atoms with Gasteiger partial charge in [-0.15, -0.1) is 170 Å². The van der Waals surface area contributed by atoms with Crippen molar-refractivity contribution in [2.24, 2.45) is 4.99 Å². The van der Waals surface area contributed by atoms with Gasteiger partial charge in [0, 0.05) is 59.7 Å². The first-order chi connectivity index (χ1) is 36.7. The molecule has 0 aromatic carbocycles. The minimum Gasteiger partial charge on any atom is -0.484 e. The number of allylic oxidation sites excluding steroid dienone is 1. The monoisotopic (exact) mass is 1840 g/mol. The average molecular weight is 1840 g/mol. The lowest BCUT2D eigenvalue weighted by atomic mass is 10.0. The number of hydrogen-bond acceptors (Lipinski definition) is 15. The van der Waals surface area contributed by atoms with Crippen LogP contribution >= 0.6 is 323 Å². The number of nitrogens with one attached hydrogen (secondary N) is 2. The number of nitro groups is 2. The van der Waals surface area contributed by atoms with Crippen LogP contribution < -0.4 is 10.6 Å².